The number of nitrogens with zero attached hydrogens (tertiary/aromatic N) is 4. The molecule has 3 heterocycles. The van der Waals surface area contributed by atoms with Gasteiger partial charge in [0, 0.05) is 42.1 Å². The number of hydrogen-bond acceptors (Lipinski definition) is 4. The first-order valence-corrected chi connectivity index (χ1v) is 7.91. The minimum atomic E-state index is -0.375. The monoisotopic (exact) mass is 308 g/mol. The molecule has 0 N–H and O–H groups in total. The van der Waals surface area contributed by atoms with E-state index in [9.17, 15) is 4.39 Å². The van der Waals surface area contributed by atoms with Gasteiger partial charge in [-0.05, 0) is 25.3 Å². The molecule has 1 aliphatic heterocycles. The van der Waals surface area contributed by atoms with Crippen LogP contribution in [0.5, 0.6) is 0 Å². The summed E-state index contributed by atoms with van der Waals surface area (Å²) in [6, 6.07) is 6.06. The molecule has 116 valence electrons. The highest BCUT2D eigenvalue weighted by Gasteiger charge is 2.23. The highest BCUT2D eigenvalue weighted by molar-refractivity contribution is 5.86. The minimum Gasteiger partial charge on any atom is -0.371 e. The van der Waals surface area contributed by atoms with Gasteiger partial charge >= 0.3 is 0 Å². The van der Waals surface area contributed by atoms with Crippen LogP contribution in [0.3, 0.4) is 0 Å². The van der Waals surface area contributed by atoms with Crippen LogP contribution in [0.2, 0.25) is 0 Å². The summed E-state index contributed by atoms with van der Waals surface area (Å²) in [5.74, 6) is -0.375. The maximum Gasteiger partial charge on any atom is 0.175 e. The van der Waals surface area contributed by atoms with Crippen LogP contribution in [0, 0.1) is 5.82 Å². The SMILES string of the molecule is CCN1CCCc2cccc(-c3ncc4cncnc4c3F)c21. The van der Waals surface area contributed by atoms with Gasteiger partial charge in [-0.25, -0.2) is 14.4 Å². The van der Waals surface area contributed by atoms with Crippen molar-refractivity contribution in [2.75, 3.05) is 18.0 Å². The predicted octanol–water partition coefficient (Wildman–Crippen LogP) is 3.60. The number of aryl methyl sites for hydroxylation is 1. The van der Waals surface area contributed by atoms with Crippen LogP contribution in [-0.4, -0.2) is 28.0 Å². The van der Waals surface area contributed by atoms with E-state index in [0.717, 1.165) is 37.2 Å². The Morgan fingerprint density at radius 2 is 2.13 bits per heavy atom. The van der Waals surface area contributed by atoms with Gasteiger partial charge in [-0.15, -0.1) is 0 Å². The minimum absolute atomic E-state index is 0.321. The Morgan fingerprint density at radius 3 is 3.00 bits per heavy atom. The third kappa shape index (κ3) is 2.23. The Hall–Kier alpha value is -2.56. The van der Waals surface area contributed by atoms with E-state index in [1.807, 2.05) is 12.1 Å². The number of halogens is 1. The first-order chi connectivity index (χ1) is 11.3. The van der Waals surface area contributed by atoms with Crippen LogP contribution < -0.4 is 4.90 Å². The van der Waals surface area contributed by atoms with Crippen molar-refractivity contribution in [3.8, 4) is 11.3 Å². The van der Waals surface area contributed by atoms with Crippen LogP contribution >= 0.6 is 0 Å². The molecule has 0 aliphatic carbocycles. The lowest BCUT2D eigenvalue weighted by atomic mass is 9.95. The van der Waals surface area contributed by atoms with E-state index in [0.29, 0.717) is 16.6 Å². The molecule has 0 atom stereocenters. The van der Waals surface area contributed by atoms with E-state index >= 15 is 0 Å². The fourth-order valence-corrected chi connectivity index (χ4v) is 3.35. The topological polar surface area (TPSA) is 41.9 Å². The summed E-state index contributed by atoms with van der Waals surface area (Å²) in [7, 11) is 0. The van der Waals surface area contributed by atoms with Crippen LogP contribution in [0.4, 0.5) is 10.1 Å². The van der Waals surface area contributed by atoms with Crippen molar-refractivity contribution in [3.05, 3.63) is 48.3 Å². The van der Waals surface area contributed by atoms with E-state index in [1.54, 1.807) is 12.4 Å². The highest BCUT2D eigenvalue weighted by atomic mass is 19.1. The number of anilines is 1. The van der Waals surface area contributed by atoms with Crippen molar-refractivity contribution in [2.24, 2.45) is 0 Å². The summed E-state index contributed by atoms with van der Waals surface area (Å²) in [5, 5.41) is 0.617. The Bertz CT molecular complexity index is 878. The van der Waals surface area contributed by atoms with Gasteiger partial charge in [0.25, 0.3) is 0 Å². The van der Waals surface area contributed by atoms with E-state index in [4.69, 9.17) is 0 Å². The Labute approximate surface area is 134 Å². The lowest BCUT2D eigenvalue weighted by Gasteiger charge is -2.32. The molecular formula is C18H17FN4. The number of fused-ring (bicyclic) bond motifs is 2. The van der Waals surface area contributed by atoms with Crippen LogP contribution in [-0.2, 0) is 6.42 Å². The van der Waals surface area contributed by atoms with Crippen LogP contribution in [0.1, 0.15) is 18.9 Å². The van der Waals surface area contributed by atoms with E-state index in [1.165, 1.54) is 11.9 Å². The summed E-state index contributed by atoms with van der Waals surface area (Å²) >= 11 is 0. The van der Waals surface area contributed by atoms with Gasteiger partial charge in [-0.2, -0.15) is 0 Å². The van der Waals surface area contributed by atoms with E-state index in [-0.39, 0.29) is 5.82 Å². The summed E-state index contributed by atoms with van der Waals surface area (Å²) in [4.78, 5) is 14.7. The molecule has 1 aliphatic rings. The zero-order valence-corrected chi connectivity index (χ0v) is 13.0. The molecule has 0 spiro atoms. The molecule has 0 radical (unpaired) electrons. The summed E-state index contributed by atoms with van der Waals surface area (Å²) in [6.07, 6.45) is 6.75. The van der Waals surface area contributed by atoms with Crippen LogP contribution in [0.25, 0.3) is 22.2 Å². The van der Waals surface area contributed by atoms with Gasteiger partial charge in [0.2, 0.25) is 0 Å². The van der Waals surface area contributed by atoms with Crippen molar-refractivity contribution in [3.63, 3.8) is 0 Å². The first-order valence-electron chi connectivity index (χ1n) is 7.91. The molecule has 0 amide bonds. The van der Waals surface area contributed by atoms with Gasteiger partial charge in [-0.1, -0.05) is 18.2 Å². The van der Waals surface area contributed by atoms with Crippen molar-refractivity contribution in [2.45, 2.75) is 19.8 Å². The zero-order chi connectivity index (χ0) is 15.8. The second-order valence-electron chi connectivity index (χ2n) is 5.74. The summed E-state index contributed by atoms with van der Waals surface area (Å²) in [6.45, 7) is 4.03. The number of pyridine rings is 1. The Balaban J connectivity index is 1.97. The van der Waals surface area contributed by atoms with Gasteiger partial charge in [0.1, 0.15) is 17.5 Å². The lowest BCUT2D eigenvalue weighted by molar-refractivity contribution is 0.634. The largest absolute Gasteiger partial charge is 0.371 e. The van der Waals surface area contributed by atoms with E-state index < -0.39 is 0 Å². The van der Waals surface area contributed by atoms with E-state index in [2.05, 4.69) is 32.8 Å². The third-order valence-electron chi connectivity index (χ3n) is 4.44. The van der Waals surface area contributed by atoms with Crippen molar-refractivity contribution < 1.29 is 4.39 Å². The maximum absolute atomic E-state index is 15.0. The third-order valence-corrected chi connectivity index (χ3v) is 4.44. The number of rotatable bonds is 2. The molecule has 0 bridgehead atoms. The van der Waals surface area contributed by atoms with Gasteiger partial charge < -0.3 is 4.90 Å². The molecule has 4 nitrogen and oxygen atoms in total. The summed E-state index contributed by atoms with van der Waals surface area (Å²) < 4.78 is 15.0. The molecule has 5 heteroatoms. The fraction of sp³-hybridized carbons (Fsp3) is 0.278. The van der Waals surface area contributed by atoms with Crippen molar-refractivity contribution >= 4 is 16.6 Å². The number of hydrogen-bond donors (Lipinski definition) is 0. The lowest BCUT2D eigenvalue weighted by Crippen LogP contribution is -2.29. The molecule has 0 saturated heterocycles. The number of benzene rings is 1. The quantitative estimate of drug-likeness (QED) is 0.725. The molecular weight excluding hydrogens is 291 g/mol. The Morgan fingerprint density at radius 1 is 1.22 bits per heavy atom. The second kappa shape index (κ2) is 5.57. The highest BCUT2D eigenvalue weighted by Crippen LogP contribution is 2.38. The molecule has 1 aromatic carbocycles. The predicted molar refractivity (Wildman–Crippen MR) is 88.9 cm³/mol. The molecule has 3 aromatic rings. The van der Waals surface area contributed by atoms with Gasteiger partial charge in [0.05, 0.1) is 0 Å². The molecule has 23 heavy (non-hydrogen) atoms. The smallest absolute Gasteiger partial charge is 0.175 e. The molecule has 2 aromatic heterocycles. The average molecular weight is 308 g/mol. The number of aromatic nitrogens is 3. The fourth-order valence-electron chi connectivity index (χ4n) is 3.35. The molecule has 0 saturated carbocycles. The molecule has 0 fully saturated rings. The summed E-state index contributed by atoms with van der Waals surface area (Å²) in [5.41, 5.74) is 3.91. The average Bonchev–Trinajstić information content (AvgIpc) is 2.61. The first kappa shape index (κ1) is 14.1. The second-order valence-corrected chi connectivity index (χ2v) is 5.74. The standard InChI is InChI=1S/C18H17FN4/c1-2-23-8-4-6-12-5-3-7-14(18(12)23)17-15(19)16-13(10-21-17)9-20-11-22-16/h3,5,7,9-11H,2,4,6,8H2,1H3. The van der Waals surface area contributed by atoms with Crippen molar-refractivity contribution in [1.82, 2.24) is 15.0 Å². The van der Waals surface area contributed by atoms with Gasteiger partial charge in [-0.3, -0.25) is 4.98 Å². The molecule has 4 rings (SSSR count). The normalized spacial score (nSPS) is 14.1. The zero-order valence-electron chi connectivity index (χ0n) is 13.0. The molecule has 0 unspecified atom stereocenters. The van der Waals surface area contributed by atoms with Crippen molar-refractivity contribution in [1.29, 1.82) is 0 Å². The Kier molecular flexibility index (Phi) is 3.41. The maximum atomic E-state index is 15.0. The number of para-hydroxylation sites is 1. The van der Waals surface area contributed by atoms with Gasteiger partial charge in [0.15, 0.2) is 5.82 Å². The van der Waals surface area contributed by atoms with Crippen LogP contribution in [0.15, 0.2) is 36.9 Å².